The van der Waals surface area contributed by atoms with Crippen LogP contribution < -0.4 is 0 Å². The summed E-state index contributed by atoms with van der Waals surface area (Å²) in [4.78, 5) is 15.2. The molecule has 22 heavy (non-hydrogen) atoms. The van der Waals surface area contributed by atoms with Crippen molar-refractivity contribution >= 4 is 17.0 Å². The van der Waals surface area contributed by atoms with Crippen molar-refractivity contribution < 1.29 is 23.1 Å². The van der Waals surface area contributed by atoms with E-state index in [1.807, 2.05) is 0 Å². The zero-order chi connectivity index (χ0) is 16.9. The van der Waals surface area contributed by atoms with Crippen LogP contribution >= 0.6 is 11.8 Å². The molecule has 1 atom stereocenters. The summed E-state index contributed by atoms with van der Waals surface area (Å²) in [7, 11) is 4.79. The van der Waals surface area contributed by atoms with Crippen LogP contribution in [0.15, 0.2) is 29.2 Å². The van der Waals surface area contributed by atoms with Crippen LogP contribution in [0.25, 0.3) is 0 Å². The van der Waals surface area contributed by atoms with Gasteiger partial charge in [-0.1, -0.05) is 12.1 Å². The normalized spacial score (nSPS) is 13.3. The first-order valence-corrected chi connectivity index (χ1v) is 7.32. The Morgan fingerprint density at radius 2 is 1.95 bits per heavy atom. The predicted octanol–water partition coefficient (Wildman–Crippen LogP) is 2.82. The first-order chi connectivity index (χ1) is 10.1. The van der Waals surface area contributed by atoms with Gasteiger partial charge in [-0.05, 0) is 36.5 Å². The third-order valence-corrected chi connectivity index (χ3v) is 3.81. The Labute approximate surface area is 131 Å². The highest BCUT2D eigenvalue weighted by molar-refractivity contribution is 8.13. The average molecular weight is 336 g/mol. The molecule has 1 amide bonds. The maximum absolute atomic E-state index is 12.3. The summed E-state index contributed by atoms with van der Waals surface area (Å²) in [6.45, 7) is -0.255. The van der Waals surface area contributed by atoms with Gasteiger partial charge in [0.25, 0.3) is 5.24 Å². The molecule has 1 unspecified atom stereocenters. The van der Waals surface area contributed by atoms with Gasteiger partial charge in [0.15, 0.2) is 6.10 Å². The fourth-order valence-corrected chi connectivity index (χ4v) is 2.42. The van der Waals surface area contributed by atoms with E-state index in [-0.39, 0.29) is 11.8 Å². The number of carbonyl (C=O) groups is 1. The molecule has 1 rings (SSSR count). The van der Waals surface area contributed by atoms with Crippen LogP contribution in [-0.2, 0) is 6.54 Å². The fourth-order valence-electron chi connectivity index (χ4n) is 1.67. The standard InChI is InChI=1S/C14H19F3N2O2S/c1-18(2)13(21)22-11-6-4-5-10(7-11)8-19(3)9-12(20)14(15,16)17/h4-7,12,20H,8-9H2,1-3H3. The highest BCUT2D eigenvalue weighted by atomic mass is 32.2. The lowest BCUT2D eigenvalue weighted by Crippen LogP contribution is -2.39. The van der Waals surface area contributed by atoms with Crippen molar-refractivity contribution in [3.05, 3.63) is 29.8 Å². The van der Waals surface area contributed by atoms with Gasteiger partial charge >= 0.3 is 6.18 Å². The number of hydrogen-bond acceptors (Lipinski definition) is 4. The van der Waals surface area contributed by atoms with Crippen molar-refractivity contribution in [1.82, 2.24) is 9.80 Å². The van der Waals surface area contributed by atoms with Crippen molar-refractivity contribution in [2.45, 2.75) is 23.7 Å². The molecule has 1 aromatic rings. The van der Waals surface area contributed by atoms with Crippen molar-refractivity contribution in [2.24, 2.45) is 0 Å². The van der Waals surface area contributed by atoms with Gasteiger partial charge in [0.05, 0.1) is 0 Å². The van der Waals surface area contributed by atoms with Crippen molar-refractivity contribution in [2.75, 3.05) is 27.7 Å². The molecule has 0 heterocycles. The van der Waals surface area contributed by atoms with E-state index >= 15 is 0 Å². The molecule has 0 fully saturated rings. The summed E-state index contributed by atoms with van der Waals surface area (Å²) in [6.07, 6.45) is -6.99. The molecule has 1 aromatic carbocycles. The van der Waals surface area contributed by atoms with E-state index in [9.17, 15) is 18.0 Å². The molecule has 1 N–H and O–H groups in total. The maximum atomic E-state index is 12.3. The van der Waals surface area contributed by atoms with E-state index in [0.29, 0.717) is 0 Å². The minimum atomic E-state index is -4.62. The van der Waals surface area contributed by atoms with E-state index < -0.39 is 18.8 Å². The third-order valence-electron chi connectivity index (χ3n) is 2.78. The van der Waals surface area contributed by atoms with Crippen LogP contribution in [0.3, 0.4) is 0 Å². The number of aliphatic hydroxyl groups excluding tert-OH is 1. The van der Waals surface area contributed by atoms with Crippen LogP contribution in [0.4, 0.5) is 18.0 Å². The second-order valence-corrected chi connectivity index (χ2v) is 6.19. The van der Waals surface area contributed by atoms with Crippen molar-refractivity contribution in [3.63, 3.8) is 0 Å². The van der Waals surface area contributed by atoms with Gasteiger partial charge in [0.1, 0.15) is 0 Å². The second kappa shape index (κ2) is 7.85. The van der Waals surface area contributed by atoms with Gasteiger partial charge in [-0.15, -0.1) is 0 Å². The highest BCUT2D eigenvalue weighted by Gasteiger charge is 2.38. The molecular weight excluding hydrogens is 317 g/mol. The van der Waals surface area contributed by atoms with Gasteiger partial charge in [-0.3, -0.25) is 9.69 Å². The first-order valence-electron chi connectivity index (χ1n) is 6.51. The summed E-state index contributed by atoms with van der Waals surface area (Å²) in [5.74, 6) is 0. The SMILES string of the molecule is CN(Cc1cccc(SC(=O)N(C)C)c1)CC(O)C(F)(F)F. The third kappa shape index (κ3) is 6.25. The van der Waals surface area contributed by atoms with E-state index in [4.69, 9.17) is 5.11 Å². The number of halogens is 3. The minimum Gasteiger partial charge on any atom is -0.382 e. The molecule has 0 aliphatic rings. The summed E-state index contributed by atoms with van der Waals surface area (Å²) in [6, 6.07) is 7.03. The smallest absolute Gasteiger partial charge is 0.382 e. The quantitative estimate of drug-likeness (QED) is 0.840. The zero-order valence-corrected chi connectivity index (χ0v) is 13.4. The lowest BCUT2D eigenvalue weighted by molar-refractivity contribution is -0.207. The van der Waals surface area contributed by atoms with E-state index in [1.54, 1.807) is 38.4 Å². The Morgan fingerprint density at radius 3 is 2.50 bits per heavy atom. The number of likely N-dealkylation sites (N-methyl/N-ethyl adjacent to an activating group) is 1. The lowest BCUT2D eigenvalue weighted by Gasteiger charge is -2.22. The number of aliphatic hydroxyl groups is 1. The zero-order valence-electron chi connectivity index (χ0n) is 12.6. The molecular formula is C14H19F3N2O2S. The summed E-state index contributed by atoms with van der Waals surface area (Å²) in [5.41, 5.74) is 0.772. The van der Waals surface area contributed by atoms with E-state index in [1.165, 1.54) is 16.8 Å². The van der Waals surface area contributed by atoms with Crippen LogP contribution in [0.2, 0.25) is 0 Å². The highest BCUT2D eigenvalue weighted by Crippen LogP contribution is 2.23. The Balaban J connectivity index is 2.64. The summed E-state index contributed by atoms with van der Waals surface area (Å²) in [5, 5.41) is 8.92. The number of rotatable bonds is 5. The number of amides is 1. The molecule has 0 aliphatic heterocycles. The molecule has 4 nitrogen and oxygen atoms in total. The maximum Gasteiger partial charge on any atom is 0.415 e. The fraction of sp³-hybridized carbons (Fsp3) is 0.500. The molecule has 0 bridgehead atoms. The summed E-state index contributed by atoms with van der Waals surface area (Å²) >= 11 is 1.05. The number of hydrogen-bond donors (Lipinski definition) is 1. The Morgan fingerprint density at radius 1 is 1.32 bits per heavy atom. The van der Waals surface area contributed by atoms with Crippen molar-refractivity contribution in [1.29, 1.82) is 0 Å². The number of nitrogens with zero attached hydrogens (tertiary/aromatic N) is 2. The first kappa shape index (κ1) is 18.8. The summed E-state index contributed by atoms with van der Waals surface area (Å²) < 4.78 is 36.9. The number of benzene rings is 1. The van der Waals surface area contributed by atoms with Gasteiger partial charge in [0.2, 0.25) is 0 Å². The van der Waals surface area contributed by atoms with Gasteiger partial charge in [-0.2, -0.15) is 13.2 Å². The van der Waals surface area contributed by atoms with Crippen molar-refractivity contribution in [3.8, 4) is 0 Å². The topological polar surface area (TPSA) is 43.8 Å². The molecule has 0 radical (unpaired) electrons. The molecule has 124 valence electrons. The Bertz CT molecular complexity index is 509. The van der Waals surface area contributed by atoms with Crippen LogP contribution in [-0.4, -0.2) is 60.1 Å². The molecule has 0 saturated carbocycles. The Hall–Kier alpha value is -1.25. The minimum absolute atomic E-state index is 0.127. The number of carbonyl (C=O) groups excluding carboxylic acids is 1. The van der Waals surface area contributed by atoms with Gasteiger partial charge in [0, 0.05) is 32.1 Å². The van der Waals surface area contributed by atoms with Gasteiger partial charge < -0.3 is 10.0 Å². The molecule has 0 saturated heterocycles. The monoisotopic (exact) mass is 336 g/mol. The molecule has 0 spiro atoms. The second-order valence-electron chi connectivity index (χ2n) is 5.16. The lowest BCUT2D eigenvalue weighted by atomic mass is 10.2. The largest absolute Gasteiger partial charge is 0.415 e. The predicted molar refractivity (Wildman–Crippen MR) is 79.8 cm³/mol. The van der Waals surface area contributed by atoms with E-state index in [2.05, 4.69) is 0 Å². The number of alkyl halides is 3. The molecule has 0 aromatic heterocycles. The van der Waals surface area contributed by atoms with Crippen LogP contribution in [0.5, 0.6) is 0 Å². The van der Waals surface area contributed by atoms with Gasteiger partial charge in [-0.25, -0.2) is 0 Å². The average Bonchev–Trinajstić information content (AvgIpc) is 2.37. The Kier molecular flexibility index (Phi) is 6.70. The van der Waals surface area contributed by atoms with E-state index in [0.717, 1.165) is 22.2 Å². The molecule has 8 heteroatoms. The van der Waals surface area contributed by atoms with Crippen LogP contribution in [0, 0.1) is 0 Å². The molecule has 0 aliphatic carbocycles. The van der Waals surface area contributed by atoms with Crippen LogP contribution in [0.1, 0.15) is 5.56 Å². The number of thioether (sulfide) groups is 1.